The molecular formula is C22H19ClN2O3S. The molecule has 7 heteroatoms. The standard InChI is InChI=1S/C22H19ClN2O3S/c1-17(16-18-12-14-19(23)15-13-18)29(27,28)24-22(26)25(20-8-4-2-5-9-20)21-10-6-3-7-11-21/h2-16H,1H3,(H,24,26)/b17-16+. The van der Waals surface area contributed by atoms with E-state index < -0.39 is 16.1 Å². The molecule has 0 aliphatic rings. The highest BCUT2D eigenvalue weighted by atomic mass is 35.5. The molecule has 148 valence electrons. The van der Waals surface area contributed by atoms with Gasteiger partial charge in [-0.25, -0.2) is 17.9 Å². The minimum absolute atomic E-state index is 0.00856. The maximum atomic E-state index is 13.0. The highest BCUT2D eigenvalue weighted by Gasteiger charge is 2.24. The van der Waals surface area contributed by atoms with Crippen molar-refractivity contribution in [1.29, 1.82) is 0 Å². The average Bonchev–Trinajstić information content (AvgIpc) is 2.71. The van der Waals surface area contributed by atoms with Gasteiger partial charge in [-0.15, -0.1) is 0 Å². The summed E-state index contributed by atoms with van der Waals surface area (Å²) in [5, 5.41) is 0.553. The Morgan fingerprint density at radius 3 is 1.83 bits per heavy atom. The third kappa shape index (κ3) is 5.25. The number of carbonyl (C=O) groups is 1. The first-order valence-electron chi connectivity index (χ1n) is 8.78. The van der Waals surface area contributed by atoms with Gasteiger partial charge in [-0.3, -0.25) is 4.90 Å². The zero-order valence-corrected chi connectivity index (χ0v) is 17.2. The van der Waals surface area contributed by atoms with Gasteiger partial charge in [0.15, 0.2) is 0 Å². The number of anilines is 2. The first-order chi connectivity index (χ1) is 13.9. The summed E-state index contributed by atoms with van der Waals surface area (Å²) in [4.78, 5) is 14.3. The van der Waals surface area contributed by atoms with E-state index >= 15 is 0 Å². The van der Waals surface area contributed by atoms with Gasteiger partial charge in [-0.1, -0.05) is 60.1 Å². The molecule has 0 radical (unpaired) electrons. The minimum atomic E-state index is -4.04. The number of nitrogens with zero attached hydrogens (tertiary/aromatic N) is 1. The van der Waals surface area contributed by atoms with Crippen LogP contribution in [0.5, 0.6) is 0 Å². The SMILES string of the molecule is C/C(=C\c1ccc(Cl)cc1)S(=O)(=O)NC(=O)N(c1ccccc1)c1ccccc1. The number of rotatable bonds is 5. The molecule has 29 heavy (non-hydrogen) atoms. The summed E-state index contributed by atoms with van der Waals surface area (Å²) in [5.41, 5.74) is 1.75. The fourth-order valence-electron chi connectivity index (χ4n) is 2.65. The quantitative estimate of drug-likeness (QED) is 0.579. The van der Waals surface area contributed by atoms with Crippen LogP contribution in [0.2, 0.25) is 5.02 Å². The lowest BCUT2D eigenvalue weighted by Gasteiger charge is -2.23. The second-order valence-corrected chi connectivity index (χ2v) is 8.52. The van der Waals surface area contributed by atoms with E-state index in [-0.39, 0.29) is 4.91 Å². The summed E-state index contributed by atoms with van der Waals surface area (Å²) in [6.45, 7) is 1.43. The van der Waals surface area contributed by atoms with Crippen LogP contribution in [-0.2, 0) is 10.0 Å². The summed E-state index contributed by atoms with van der Waals surface area (Å²) < 4.78 is 27.6. The maximum absolute atomic E-state index is 13.0. The second-order valence-electron chi connectivity index (χ2n) is 6.22. The highest BCUT2D eigenvalue weighted by molar-refractivity contribution is 7.94. The van der Waals surface area contributed by atoms with Crippen molar-refractivity contribution in [2.75, 3.05) is 4.90 Å². The Hall–Kier alpha value is -3.09. The topological polar surface area (TPSA) is 66.5 Å². The molecule has 0 aliphatic carbocycles. The molecule has 3 aromatic rings. The van der Waals surface area contributed by atoms with Crippen LogP contribution in [0.3, 0.4) is 0 Å². The number of hydrogen-bond acceptors (Lipinski definition) is 3. The highest BCUT2D eigenvalue weighted by Crippen LogP contribution is 2.25. The molecule has 0 heterocycles. The number of hydrogen-bond donors (Lipinski definition) is 1. The van der Waals surface area contributed by atoms with Crippen molar-refractivity contribution in [2.45, 2.75) is 6.92 Å². The summed E-state index contributed by atoms with van der Waals surface area (Å²) in [6, 6.07) is 23.6. The van der Waals surface area contributed by atoms with Crippen LogP contribution in [0.1, 0.15) is 12.5 Å². The number of benzene rings is 3. The van der Waals surface area contributed by atoms with Gasteiger partial charge >= 0.3 is 6.03 Å². The van der Waals surface area contributed by atoms with E-state index in [1.54, 1.807) is 72.8 Å². The number of amides is 2. The Bertz CT molecular complexity index is 1070. The zero-order chi connectivity index (χ0) is 20.9. The summed E-state index contributed by atoms with van der Waals surface area (Å²) in [5.74, 6) is 0. The molecule has 0 fully saturated rings. The van der Waals surface area contributed by atoms with Gasteiger partial charge in [-0.05, 0) is 55.0 Å². The normalized spacial score (nSPS) is 11.7. The van der Waals surface area contributed by atoms with Gasteiger partial charge in [0.05, 0.1) is 16.3 Å². The van der Waals surface area contributed by atoms with Crippen LogP contribution in [-0.4, -0.2) is 14.4 Å². The Morgan fingerprint density at radius 1 is 0.862 bits per heavy atom. The van der Waals surface area contributed by atoms with E-state index in [0.717, 1.165) is 0 Å². The predicted molar refractivity (Wildman–Crippen MR) is 118 cm³/mol. The molecule has 2 amide bonds. The lowest BCUT2D eigenvalue weighted by atomic mass is 10.2. The molecule has 0 saturated heterocycles. The molecule has 0 bridgehead atoms. The smallest absolute Gasteiger partial charge is 0.262 e. The minimum Gasteiger partial charge on any atom is -0.262 e. The van der Waals surface area contributed by atoms with E-state index in [1.807, 2.05) is 12.1 Å². The van der Waals surface area contributed by atoms with E-state index in [4.69, 9.17) is 11.6 Å². The van der Waals surface area contributed by atoms with Crippen LogP contribution < -0.4 is 9.62 Å². The summed E-state index contributed by atoms with van der Waals surface area (Å²) >= 11 is 5.86. The molecule has 1 N–H and O–H groups in total. The molecule has 3 rings (SSSR count). The van der Waals surface area contributed by atoms with Gasteiger partial charge in [0, 0.05) is 5.02 Å². The van der Waals surface area contributed by atoms with E-state index in [9.17, 15) is 13.2 Å². The van der Waals surface area contributed by atoms with Gasteiger partial charge in [0.2, 0.25) is 0 Å². The Balaban J connectivity index is 1.89. The molecule has 0 spiro atoms. The molecule has 0 unspecified atom stereocenters. The first-order valence-corrected chi connectivity index (χ1v) is 10.6. The average molecular weight is 427 g/mol. The van der Waals surface area contributed by atoms with Crippen LogP contribution in [0.15, 0.2) is 89.8 Å². The molecule has 0 aromatic heterocycles. The van der Waals surface area contributed by atoms with Gasteiger partial charge in [0.25, 0.3) is 10.0 Å². The molecule has 3 aromatic carbocycles. The largest absolute Gasteiger partial charge is 0.340 e. The number of urea groups is 1. The number of carbonyl (C=O) groups excluding carboxylic acids is 1. The van der Waals surface area contributed by atoms with E-state index in [1.165, 1.54) is 17.9 Å². The van der Waals surface area contributed by atoms with Crippen LogP contribution in [0, 0.1) is 0 Å². The monoisotopic (exact) mass is 426 g/mol. The van der Waals surface area contributed by atoms with Crippen molar-refractivity contribution in [2.24, 2.45) is 0 Å². The fourth-order valence-corrected chi connectivity index (χ4v) is 3.55. The number of halogens is 1. The van der Waals surface area contributed by atoms with Gasteiger partial charge in [0.1, 0.15) is 0 Å². The lowest BCUT2D eigenvalue weighted by Crippen LogP contribution is -2.40. The molecule has 0 aliphatic heterocycles. The van der Waals surface area contributed by atoms with Gasteiger partial charge in [-0.2, -0.15) is 0 Å². The second kappa shape index (κ2) is 8.94. The van der Waals surface area contributed by atoms with Crippen molar-refractivity contribution in [3.63, 3.8) is 0 Å². The third-order valence-corrected chi connectivity index (χ3v) is 5.78. The Kier molecular flexibility index (Phi) is 6.36. The third-order valence-electron chi connectivity index (χ3n) is 4.12. The predicted octanol–water partition coefficient (Wildman–Crippen LogP) is 5.58. The zero-order valence-electron chi connectivity index (χ0n) is 15.6. The summed E-state index contributed by atoms with van der Waals surface area (Å²) in [7, 11) is -4.04. The van der Waals surface area contributed by atoms with Crippen molar-refractivity contribution in [1.82, 2.24) is 4.72 Å². The Labute approximate surface area is 175 Å². The molecule has 0 atom stereocenters. The Morgan fingerprint density at radius 2 is 1.34 bits per heavy atom. The van der Waals surface area contributed by atoms with Crippen molar-refractivity contribution < 1.29 is 13.2 Å². The number of allylic oxidation sites excluding steroid dienone is 1. The molecular weight excluding hydrogens is 408 g/mol. The van der Waals surface area contributed by atoms with Crippen molar-refractivity contribution in [3.8, 4) is 0 Å². The first kappa shape index (κ1) is 20.6. The summed E-state index contributed by atoms with van der Waals surface area (Å²) in [6.07, 6.45) is 1.47. The van der Waals surface area contributed by atoms with Gasteiger partial charge < -0.3 is 0 Å². The number of para-hydroxylation sites is 2. The fraction of sp³-hybridized carbons (Fsp3) is 0.0455. The van der Waals surface area contributed by atoms with Crippen LogP contribution in [0.4, 0.5) is 16.2 Å². The molecule has 0 saturated carbocycles. The van der Waals surface area contributed by atoms with Crippen LogP contribution in [0.25, 0.3) is 6.08 Å². The maximum Gasteiger partial charge on any atom is 0.340 e. The number of sulfonamides is 1. The van der Waals surface area contributed by atoms with Crippen LogP contribution >= 0.6 is 11.6 Å². The van der Waals surface area contributed by atoms with Crippen molar-refractivity contribution in [3.05, 3.63) is 100 Å². The van der Waals surface area contributed by atoms with E-state index in [2.05, 4.69) is 4.72 Å². The van der Waals surface area contributed by atoms with E-state index in [0.29, 0.717) is 22.0 Å². The van der Waals surface area contributed by atoms with Crippen molar-refractivity contribution >= 4 is 45.1 Å². The molecule has 5 nitrogen and oxygen atoms in total. The lowest BCUT2D eigenvalue weighted by molar-refractivity contribution is 0.253. The number of nitrogens with one attached hydrogen (secondary N) is 1.